The summed E-state index contributed by atoms with van der Waals surface area (Å²) in [4.78, 5) is 28.5. The Hall–Kier alpha value is -1.40. The molecule has 2 rings (SSSR count). The van der Waals surface area contributed by atoms with Crippen LogP contribution < -0.4 is 4.90 Å². The van der Waals surface area contributed by atoms with Crippen molar-refractivity contribution in [2.75, 3.05) is 30.9 Å². The number of carbonyl (C=O) groups is 2. The summed E-state index contributed by atoms with van der Waals surface area (Å²) in [5.41, 5.74) is -0.628. The van der Waals surface area contributed by atoms with Crippen LogP contribution in [0, 0.1) is 8.99 Å². The van der Waals surface area contributed by atoms with Crippen LogP contribution in [0.4, 0.5) is 10.5 Å². The maximum atomic E-state index is 13.3. The number of sulfone groups is 1. The lowest BCUT2D eigenvalue weighted by molar-refractivity contribution is -0.158. The van der Waals surface area contributed by atoms with Crippen molar-refractivity contribution >= 4 is 50.1 Å². The van der Waals surface area contributed by atoms with Gasteiger partial charge in [0.2, 0.25) is 5.91 Å². The van der Waals surface area contributed by atoms with Crippen molar-refractivity contribution in [1.29, 1.82) is 0 Å². The Labute approximate surface area is 185 Å². The molecule has 10 heteroatoms. The minimum absolute atomic E-state index is 0.00773. The lowest BCUT2D eigenvalue weighted by atomic mass is 9.73. The van der Waals surface area contributed by atoms with Crippen molar-refractivity contribution in [3.8, 4) is 5.75 Å². The molecule has 1 atom stereocenters. The van der Waals surface area contributed by atoms with Crippen molar-refractivity contribution in [3.05, 3.63) is 21.8 Å². The van der Waals surface area contributed by atoms with Gasteiger partial charge in [-0.15, -0.1) is 0 Å². The minimum Gasteiger partial charge on any atom is -0.507 e. The van der Waals surface area contributed by atoms with Gasteiger partial charge in [-0.3, -0.25) is 9.69 Å². The van der Waals surface area contributed by atoms with E-state index in [0.29, 0.717) is 22.1 Å². The largest absolute Gasteiger partial charge is 0.507 e. The molecule has 0 bridgehead atoms. The first-order chi connectivity index (χ1) is 13.6. The van der Waals surface area contributed by atoms with E-state index < -0.39 is 32.6 Å². The fourth-order valence-corrected chi connectivity index (χ4v) is 6.51. The molecule has 1 unspecified atom stereocenters. The number of phenolic OH excluding ortho intramolecular Hbond substituents is 1. The van der Waals surface area contributed by atoms with Crippen molar-refractivity contribution in [1.82, 2.24) is 4.90 Å². The van der Waals surface area contributed by atoms with Crippen LogP contribution in [-0.2, 0) is 19.4 Å². The third-order valence-corrected chi connectivity index (χ3v) is 8.46. The van der Waals surface area contributed by atoms with Gasteiger partial charge in [0.25, 0.3) is 0 Å². The van der Waals surface area contributed by atoms with Crippen molar-refractivity contribution in [2.24, 2.45) is 5.41 Å². The summed E-state index contributed by atoms with van der Waals surface area (Å²) in [7, 11) is -2.39. The molecule has 162 valence electrons. The van der Waals surface area contributed by atoms with E-state index in [1.54, 1.807) is 32.9 Å². The highest BCUT2D eigenvalue weighted by Gasteiger charge is 2.66. The molecule has 1 fully saturated rings. The lowest BCUT2D eigenvalue weighted by Crippen LogP contribution is -2.74. The Morgan fingerprint density at radius 2 is 1.93 bits per heavy atom. The maximum Gasteiger partial charge on any atom is 0.332 e. The van der Waals surface area contributed by atoms with Gasteiger partial charge in [-0.05, 0) is 60.6 Å². The van der Waals surface area contributed by atoms with E-state index in [1.165, 1.54) is 18.1 Å². The zero-order valence-electron chi connectivity index (χ0n) is 17.0. The number of nitrogens with zero attached hydrogens (tertiary/aromatic N) is 2. The van der Waals surface area contributed by atoms with E-state index in [9.17, 15) is 23.1 Å². The number of urea groups is 1. The van der Waals surface area contributed by atoms with Crippen molar-refractivity contribution in [2.45, 2.75) is 39.0 Å². The summed E-state index contributed by atoms with van der Waals surface area (Å²) in [5.74, 6) is -0.657. The van der Waals surface area contributed by atoms with Crippen molar-refractivity contribution < 1.29 is 27.9 Å². The molecule has 0 radical (unpaired) electrons. The summed E-state index contributed by atoms with van der Waals surface area (Å²) in [6.07, 6.45) is 0.651. The number of imide groups is 1. The van der Waals surface area contributed by atoms with Crippen LogP contribution in [0.3, 0.4) is 0 Å². The van der Waals surface area contributed by atoms with E-state index in [1.807, 2.05) is 22.6 Å². The number of halogens is 1. The Kier molecular flexibility index (Phi) is 7.55. The Balaban J connectivity index is 2.47. The molecule has 1 aliphatic rings. The number of hydrogen-bond acceptors (Lipinski definition) is 6. The second-order valence-corrected chi connectivity index (χ2v) is 10.3. The summed E-state index contributed by atoms with van der Waals surface area (Å²) in [6, 6.07) is 3.95. The number of benzene rings is 1. The van der Waals surface area contributed by atoms with E-state index in [0.717, 1.165) is 4.90 Å². The van der Waals surface area contributed by atoms with Crippen LogP contribution in [0.5, 0.6) is 5.75 Å². The molecule has 0 aliphatic carbocycles. The Bertz CT molecular complexity index is 885. The summed E-state index contributed by atoms with van der Waals surface area (Å²) in [5, 5.41) is 8.53. The number of phenols is 1. The SMILES string of the molecule is CCN(C(=O)N1C(=O)C(CC)(CC)C1S(=O)(=O)CCOC)c1ccc(O)c(I)c1. The summed E-state index contributed by atoms with van der Waals surface area (Å²) >= 11 is 1.94. The van der Waals surface area contributed by atoms with Gasteiger partial charge < -0.3 is 9.84 Å². The van der Waals surface area contributed by atoms with Gasteiger partial charge in [0.1, 0.15) is 5.75 Å². The molecule has 0 aromatic heterocycles. The second kappa shape index (κ2) is 9.17. The molecule has 1 aromatic carbocycles. The number of carbonyl (C=O) groups excluding carboxylic acids is 2. The topological polar surface area (TPSA) is 104 Å². The quantitative estimate of drug-likeness (QED) is 0.403. The normalized spacial score (nSPS) is 18.4. The fraction of sp³-hybridized carbons (Fsp3) is 0.579. The van der Waals surface area contributed by atoms with Crippen LogP contribution in [-0.4, -0.2) is 61.8 Å². The van der Waals surface area contributed by atoms with Gasteiger partial charge in [-0.2, -0.15) is 0 Å². The number of aromatic hydroxyl groups is 1. The van der Waals surface area contributed by atoms with Gasteiger partial charge in [-0.1, -0.05) is 13.8 Å². The van der Waals surface area contributed by atoms with Gasteiger partial charge >= 0.3 is 6.03 Å². The molecule has 29 heavy (non-hydrogen) atoms. The first-order valence-electron chi connectivity index (χ1n) is 9.45. The number of amides is 3. The summed E-state index contributed by atoms with van der Waals surface area (Å²) < 4.78 is 31.5. The molecule has 1 aliphatic heterocycles. The van der Waals surface area contributed by atoms with Crippen molar-refractivity contribution in [3.63, 3.8) is 0 Å². The third-order valence-electron chi connectivity index (χ3n) is 5.52. The van der Waals surface area contributed by atoms with Gasteiger partial charge in [0, 0.05) is 19.3 Å². The van der Waals surface area contributed by atoms with Crippen LogP contribution in [0.25, 0.3) is 0 Å². The summed E-state index contributed by atoms with van der Waals surface area (Å²) in [6.45, 7) is 5.50. The number of anilines is 1. The molecule has 0 saturated carbocycles. The molecule has 0 spiro atoms. The molecular formula is C19H27IN2O6S. The van der Waals surface area contributed by atoms with E-state index in [-0.39, 0.29) is 24.7 Å². The number of ether oxygens (including phenoxy) is 1. The molecule has 1 aromatic rings. The second-order valence-electron chi connectivity index (χ2n) is 6.91. The average molecular weight is 538 g/mol. The molecule has 8 nitrogen and oxygen atoms in total. The highest BCUT2D eigenvalue weighted by Crippen LogP contribution is 2.48. The zero-order valence-corrected chi connectivity index (χ0v) is 20.0. The highest BCUT2D eigenvalue weighted by atomic mass is 127. The predicted molar refractivity (Wildman–Crippen MR) is 119 cm³/mol. The van der Waals surface area contributed by atoms with Crippen LogP contribution in [0.2, 0.25) is 0 Å². The zero-order chi connectivity index (χ0) is 22.0. The van der Waals surface area contributed by atoms with E-state index in [4.69, 9.17) is 4.74 Å². The van der Waals surface area contributed by atoms with Crippen LogP contribution >= 0.6 is 22.6 Å². The average Bonchev–Trinajstić information content (AvgIpc) is 2.68. The molecule has 3 amide bonds. The first-order valence-corrected chi connectivity index (χ1v) is 12.2. The Morgan fingerprint density at radius 3 is 2.41 bits per heavy atom. The standard InChI is InChI=1S/C19H27IN2O6S/c1-5-19(6-2)16(24)22(17(19)29(26,27)11-10-28-4)18(25)21(7-3)13-8-9-15(23)14(20)12-13/h8-9,12,17,23H,5-7,10-11H2,1-4H3. The first kappa shape index (κ1) is 23.9. The lowest BCUT2D eigenvalue weighted by Gasteiger charge is -2.54. The van der Waals surface area contributed by atoms with Crippen LogP contribution in [0.1, 0.15) is 33.6 Å². The molecule has 1 N–H and O–H groups in total. The molecule has 1 heterocycles. The maximum absolute atomic E-state index is 13.3. The predicted octanol–water partition coefficient (Wildman–Crippen LogP) is 2.98. The van der Waals surface area contributed by atoms with E-state index >= 15 is 0 Å². The fourth-order valence-electron chi connectivity index (χ4n) is 3.76. The van der Waals surface area contributed by atoms with Gasteiger partial charge in [-0.25, -0.2) is 18.1 Å². The van der Waals surface area contributed by atoms with Crippen LogP contribution in [0.15, 0.2) is 18.2 Å². The monoisotopic (exact) mass is 538 g/mol. The van der Waals surface area contributed by atoms with Gasteiger partial charge in [0.15, 0.2) is 15.2 Å². The van der Waals surface area contributed by atoms with E-state index in [2.05, 4.69) is 0 Å². The number of likely N-dealkylation sites (tertiary alicyclic amines) is 1. The molecular weight excluding hydrogens is 511 g/mol. The molecule has 1 saturated heterocycles. The Morgan fingerprint density at radius 1 is 1.31 bits per heavy atom. The number of β-lactam (4-membered cyclic amide) rings is 1. The number of rotatable bonds is 8. The minimum atomic E-state index is -3.79. The number of hydrogen-bond donors (Lipinski definition) is 1. The smallest absolute Gasteiger partial charge is 0.332 e. The highest BCUT2D eigenvalue weighted by molar-refractivity contribution is 14.1. The third kappa shape index (κ3) is 4.11. The number of methoxy groups -OCH3 is 1. The van der Waals surface area contributed by atoms with Gasteiger partial charge in [0.05, 0.1) is 21.3 Å².